The van der Waals surface area contributed by atoms with Crippen molar-refractivity contribution in [2.45, 2.75) is 143 Å². The maximum Gasteiger partial charge on any atom is 0.313 e. The van der Waals surface area contributed by atoms with Crippen molar-refractivity contribution in [1.82, 2.24) is 40.4 Å². The Morgan fingerprint density at radius 2 is 0.927 bits per heavy atom. The zero-order chi connectivity index (χ0) is 59.6. The summed E-state index contributed by atoms with van der Waals surface area (Å²) in [5.41, 5.74) is 9.57. The molecule has 2 N–H and O–H groups in total. The standard InChI is InChI=1S/2C32H37N5O3S/c1-21-12-14-22(15-13-21)18-28(38)33-26-19-23(16-17-27(26)41-32(5,6)7)24-10-8-9-11-25(24)29-34-35-36-37(29)20-40-30(39)31(2,3)4;1-21-12-14-22(15-13-21)18-28(38)33-26-19-23(16-17-27(26)41-32(5,6)7)24-10-8-9-11-25(24)29-34-36-37(35-29)20-40-30(39)31(2,3)4/h2*8-17,19H,18,20H2,1-7H3,(H,33,38). The van der Waals surface area contributed by atoms with E-state index < -0.39 is 10.8 Å². The maximum absolute atomic E-state index is 13.1. The molecule has 2 aromatic heterocycles. The number of tetrazole rings is 2. The molecule has 2 heterocycles. The highest BCUT2D eigenvalue weighted by Gasteiger charge is 2.26. The van der Waals surface area contributed by atoms with Gasteiger partial charge in [0.05, 0.1) is 35.0 Å². The number of aryl methyl sites for hydroxylation is 2. The van der Waals surface area contributed by atoms with E-state index in [4.69, 9.17) is 9.47 Å². The predicted molar refractivity (Wildman–Crippen MR) is 327 cm³/mol. The van der Waals surface area contributed by atoms with Crippen LogP contribution in [-0.2, 0) is 55.0 Å². The number of hydrogen-bond donors (Lipinski definition) is 2. The Labute approximate surface area is 490 Å². The van der Waals surface area contributed by atoms with Crippen molar-refractivity contribution in [2.75, 3.05) is 10.6 Å². The van der Waals surface area contributed by atoms with E-state index in [2.05, 4.69) is 83.1 Å². The van der Waals surface area contributed by atoms with Crippen molar-refractivity contribution in [3.05, 3.63) is 156 Å². The smallest absolute Gasteiger partial charge is 0.313 e. The highest BCUT2D eigenvalue weighted by Crippen LogP contribution is 2.42. The molecule has 18 heteroatoms. The molecule has 0 spiro atoms. The first kappa shape index (κ1) is 61.7. The topological polar surface area (TPSA) is 198 Å². The molecule has 8 rings (SSSR count). The van der Waals surface area contributed by atoms with Gasteiger partial charge in [0.1, 0.15) is 0 Å². The van der Waals surface area contributed by atoms with Gasteiger partial charge in [0.2, 0.25) is 24.4 Å². The highest BCUT2D eigenvalue weighted by atomic mass is 32.2. The Balaban J connectivity index is 0.000000236. The second-order valence-electron chi connectivity index (χ2n) is 24.0. The number of amides is 2. The quantitative estimate of drug-likeness (QED) is 0.0684. The lowest BCUT2D eigenvalue weighted by molar-refractivity contribution is -0.158. The van der Waals surface area contributed by atoms with E-state index in [0.29, 0.717) is 11.6 Å². The van der Waals surface area contributed by atoms with E-state index in [1.807, 2.05) is 147 Å². The molecule has 0 saturated carbocycles. The molecular weight excluding hydrogens is 1070 g/mol. The summed E-state index contributed by atoms with van der Waals surface area (Å²) in [4.78, 5) is 54.0. The molecule has 82 heavy (non-hydrogen) atoms. The summed E-state index contributed by atoms with van der Waals surface area (Å²) in [6.45, 7) is 27.4. The van der Waals surface area contributed by atoms with Crippen LogP contribution in [0.1, 0.15) is 105 Å². The second kappa shape index (κ2) is 26.3. The van der Waals surface area contributed by atoms with Crippen LogP contribution in [0.25, 0.3) is 45.0 Å². The molecule has 0 fully saturated rings. The number of hydrogen-bond acceptors (Lipinski definition) is 14. The van der Waals surface area contributed by atoms with Crippen LogP contribution in [0, 0.1) is 24.7 Å². The SMILES string of the molecule is Cc1ccc(CC(=O)Nc2cc(-c3ccccc3-c3nnn(COC(=O)C(C)(C)C)n3)ccc2SC(C)(C)C)cc1.Cc1ccc(CC(=O)Nc2cc(-c3ccccc3-c3nnnn3COC(=O)C(C)(C)C)ccc2SC(C)(C)C)cc1. The third-order valence-corrected chi connectivity index (χ3v) is 14.5. The molecule has 2 amide bonds. The van der Waals surface area contributed by atoms with E-state index in [9.17, 15) is 19.2 Å². The van der Waals surface area contributed by atoms with Gasteiger partial charge in [-0.1, -0.05) is 162 Å². The van der Waals surface area contributed by atoms with Crippen LogP contribution in [0.4, 0.5) is 11.4 Å². The van der Waals surface area contributed by atoms with E-state index in [1.165, 1.54) is 9.48 Å². The summed E-state index contributed by atoms with van der Waals surface area (Å²) in [6.07, 6.45) is 0.566. The van der Waals surface area contributed by atoms with Gasteiger partial charge in [0.25, 0.3) is 0 Å². The summed E-state index contributed by atoms with van der Waals surface area (Å²) in [6, 6.07) is 43.7. The molecule has 0 aliphatic carbocycles. The number of thioether (sulfide) groups is 2. The first-order chi connectivity index (χ1) is 38.6. The largest absolute Gasteiger partial charge is 0.442 e. The van der Waals surface area contributed by atoms with Crippen LogP contribution in [-0.4, -0.2) is 73.7 Å². The van der Waals surface area contributed by atoms with Gasteiger partial charge in [-0.2, -0.15) is 4.68 Å². The molecule has 0 radical (unpaired) electrons. The summed E-state index contributed by atoms with van der Waals surface area (Å²) in [7, 11) is 0. The second-order valence-corrected chi connectivity index (χ2v) is 27.7. The highest BCUT2D eigenvalue weighted by molar-refractivity contribution is 8.01. The normalized spacial score (nSPS) is 11.8. The van der Waals surface area contributed by atoms with Crippen molar-refractivity contribution >= 4 is 58.7 Å². The molecule has 0 aliphatic rings. The number of anilines is 2. The van der Waals surface area contributed by atoms with Crippen LogP contribution >= 0.6 is 23.5 Å². The molecule has 16 nitrogen and oxygen atoms in total. The average molecular weight is 1140 g/mol. The minimum absolute atomic E-state index is 0.0469. The van der Waals surface area contributed by atoms with Crippen LogP contribution in [0.2, 0.25) is 0 Å². The van der Waals surface area contributed by atoms with Crippen LogP contribution in [0.15, 0.2) is 143 Å². The molecule has 0 aliphatic heterocycles. The predicted octanol–water partition coefficient (Wildman–Crippen LogP) is 13.9. The van der Waals surface area contributed by atoms with E-state index >= 15 is 0 Å². The Morgan fingerprint density at radius 3 is 1.38 bits per heavy atom. The summed E-state index contributed by atoms with van der Waals surface area (Å²) >= 11 is 3.40. The number of aromatic nitrogens is 8. The van der Waals surface area contributed by atoms with Crippen molar-refractivity contribution < 1.29 is 28.7 Å². The fraction of sp³-hybridized carbons (Fsp3) is 0.344. The molecule has 6 aromatic carbocycles. The van der Waals surface area contributed by atoms with Crippen LogP contribution < -0.4 is 10.6 Å². The number of nitrogens with one attached hydrogen (secondary N) is 2. The molecule has 0 bridgehead atoms. The third-order valence-electron chi connectivity index (χ3n) is 12.1. The van der Waals surface area contributed by atoms with E-state index in [1.54, 1.807) is 65.1 Å². The van der Waals surface area contributed by atoms with Gasteiger partial charge < -0.3 is 20.1 Å². The van der Waals surface area contributed by atoms with Crippen molar-refractivity contribution in [3.8, 4) is 45.0 Å². The van der Waals surface area contributed by atoms with Gasteiger partial charge in [-0.15, -0.1) is 43.6 Å². The van der Waals surface area contributed by atoms with Crippen LogP contribution in [0.5, 0.6) is 0 Å². The minimum Gasteiger partial charge on any atom is -0.442 e. The number of carbonyl (C=O) groups excluding carboxylic acids is 4. The van der Waals surface area contributed by atoms with Gasteiger partial charge >= 0.3 is 11.9 Å². The average Bonchev–Trinajstić information content (AvgIpc) is 4.26. The fourth-order valence-corrected chi connectivity index (χ4v) is 10.1. The van der Waals surface area contributed by atoms with Gasteiger partial charge in [-0.25, -0.2) is 0 Å². The number of nitrogens with zero attached hydrogens (tertiary/aromatic N) is 8. The Hall–Kier alpha value is -7.96. The lowest BCUT2D eigenvalue weighted by atomic mass is 9.97. The Bertz CT molecular complexity index is 3530. The molecule has 8 aromatic rings. The Kier molecular flexibility index (Phi) is 19.8. The lowest BCUT2D eigenvalue weighted by Crippen LogP contribution is -2.24. The van der Waals surface area contributed by atoms with Crippen LogP contribution in [0.3, 0.4) is 0 Å². The summed E-state index contributed by atoms with van der Waals surface area (Å²) in [5.74, 6) is 0.0298. The number of esters is 2. The molecule has 0 unspecified atom stereocenters. The maximum atomic E-state index is 13.1. The van der Waals surface area contributed by atoms with E-state index in [0.717, 1.165) is 76.8 Å². The van der Waals surface area contributed by atoms with Gasteiger partial charge in [-0.3, -0.25) is 19.2 Å². The first-order valence-corrected chi connectivity index (χ1v) is 28.7. The molecule has 428 valence electrons. The van der Waals surface area contributed by atoms with Crippen molar-refractivity contribution in [3.63, 3.8) is 0 Å². The fourth-order valence-electron chi connectivity index (χ4n) is 8.02. The summed E-state index contributed by atoms with van der Waals surface area (Å²) < 4.78 is 12.2. The minimum atomic E-state index is -0.640. The number of carbonyl (C=O) groups is 4. The van der Waals surface area contributed by atoms with Gasteiger partial charge in [0, 0.05) is 30.4 Å². The number of ether oxygens (including phenoxy) is 2. The molecular formula is C64H74N10O6S2. The van der Waals surface area contributed by atoms with Crippen molar-refractivity contribution in [1.29, 1.82) is 0 Å². The zero-order valence-electron chi connectivity index (χ0n) is 49.4. The number of rotatable bonds is 16. The lowest BCUT2D eigenvalue weighted by Gasteiger charge is -2.21. The van der Waals surface area contributed by atoms with Gasteiger partial charge in [0.15, 0.2) is 12.6 Å². The first-order valence-electron chi connectivity index (χ1n) is 27.0. The molecule has 0 atom stereocenters. The number of benzene rings is 6. The monoisotopic (exact) mass is 1140 g/mol. The van der Waals surface area contributed by atoms with Gasteiger partial charge in [-0.05, 0) is 129 Å². The molecule has 0 saturated heterocycles. The van der Waals surface area contributed by atoms with E-state index in [-0.39, 0.29) is 59.6 Å². The Morgan fingerprint density at radius 1 is 0.500 bits per heavy atom. The summed E-state index contributed by atoms with van der Waals surface area (Å²) in [5, 5.41) is 31.2. The van der Waals surface area contributed by atoms with Crippen molar-refractivity contribution in [2.24, 2.45) is 10.8 Å². The third kappa shape index (κ3) is 17.8. The zero-order valence-corrected chi connectivity index (χ0v) is 51.0.